The van der Waals surface area contributed by atoms with Crippen molar-refractivity contribution in [2.24, 2.45) is 4.99 Å². The van der Waals surface area contributed by atoms with E-state index in [1.54, 1.807) is 6.07 Å². The van der Waals surface area contributed by atoms with Crippen molar-refractivity contribution in [2.75, 3.05) is 7.11 Å². The van der Waals surface area contributed by atoms with Gasteiger partial charge in [-0.25, -0.2) is 4.39 Å². The highest BCUT2D eigenvalue weighted by molar-refractivity contribution is 7.16. The molecule has 3 rings (SSSR count). The minimum atomic E-state index is -0.651. The number of carbonyl (C=O) groups is 2. The molecule has 11 heteroatoms. The van der Waals surface area contributed by atoms with Crippen LogP contribution in [0.5, 0.6) is 0 Å². The van der Waals surface area contributed by atoms with Gasteiger partial charge in [-0.3, -0.25) is 19.7 Å². The van der Waals surface area contributed by atoms with Gasteiger partial charge in [0.05, 0.1) is 22.2 Å². The Hall–Kier alpha value is -3.18. The molecule has 0 spiro atoms. The number of thiophene rings is 1. The summed E-state index contributed by atoms with van der Waals surface area (Å²) in [7, 11) is 1.21. The van der Waals surface area contributed by atoms with Gasteiger partial charge in [-0.2, -0.15) is 4.99 Å². The number of para-hydroxylation sites is 1. The summed E-state index contributed by atoms with van der Waals surface area (Å²) in [5.41, 5.74) is 0.155. The first-order valence-corrected chi connectivity index (χ1v) is 9.38. The van der Waals surface area contributed by atoms with E-state index in [2.05, 4.69) is 9.73 Å². The minimum absolute atomic E-state index is 0.0417. The van der Waals surface area contributed by atoms with E-state index in [0.29, 0.717) is 9.58 Å². The number of ether oxygens (including phenoxy) is 1. The molecule has 3 aromatic rings. The van der Waals surface area contributed by atoms with Crippen LogP contribution in [-0.4, -0.2) is 28.5 Å². The van der Waals surface area contributed by atoms with Gasteiger partial charge in [-0.05, 0) is 24.3 Å². The maximum atomic E-state index is 14.2. The second kappa shape index (κ2) is 8.23. The number of carbonyl (C=O) groups excluding carboxylic acids is 2. The van der Waals surface area contributed by atoms with Crippen LogP contribution < -0.4 is 4.80 Å². The van der Waals surface area contributed by atoms with E-state index in [-0.39, 0.29) is 21.9 Å². The lowest BCUT2D eigenvalue weighted by atomic mass is 10.3. The van der Waals surface area contributed by atoms with Crippen molar-refractivity contribution in [1.82, 2.24) is 4.57 Å². The molecule has 0 saturated carbocycles. The topological polar surface area (TPSA) is 104 Å². The number of hydrogen-bond donors (Lipinski definition) is 0. The molecule has 0 atom stereocenters. The van der Waals surface area contributed by atoms with Gasteiger partial charge in [0.1, 0.15) is 12.4 Å². The molecule has 2 aromatic heterocycles. The number of benzene rings is 1. The molecular formula is C17H12FN3O5S2. The van der Waals surface area contributed by atoms with Gasteiger partial charge in [0.25, 0.3) is 5.91 Å². The largest absolute Gasteiger partial charge is 0.468 e. The van der Waals surface area contributed by atoms with Crippen LogP contribution in [0.3, 0.4) is 0 Å². The van der Waals surface area contributed by atoms with Crippen LogP contribution in [0, 0.1) is 15.9 Å². The first-order chi connectivity index (χ1) is 13.4. The second-order valence-corrected chi connectivity index (χ2v) is 7.45. The van der Waals surface area contributed by atoms with Crippen LogP contribution in [-0.2, 0) is 20.9 Å². The summed E-state index contributed by atoms with van der Waals surface area (Å²) in [6, 6.07) is 7.27. The zero-order valence-electron chi connectivity index (χ0n) is 14.3. The van der Waals surface area contributed by atoms with Crippen molar-refractivity contribution in [2.45, 2.75) is 6.54 Å². The fraction of sp³-hybridized carbons (Fsp3) is 0.118. The number of halogens is 1. The maximum absolute atomic E-state index is 14.2. The van der Waals surface area contributed by atoms with Crippen LogP contribution in [0.2, 0.25) is 0 Å². The fourth-order valence-electron chi connectivity index (χ4n) is 2.33. The highest BCUT2D eigenvalue weighted by atomic mass is 32.1. The van der Waals surface area contributed by atoms with Gasteiger partial charge in [0, 0.05) is 17.0 Å². The molecular weight excluding hydrogens is 409 g/mol. The fourth-order valence-corrected chi connectivity index (χ4v) is 4.10. The number of hydrogen-bond acceptors (Lipinski definition) is 7. The van der Waals surface area contributed by atoms with E-state index in [9.17, 15) is 24.1 Å². The predicted molar refractivity (Wildman–Crippen MR) is 102 cm³/mol. The SMILES string of the molecule is COC(=O)Cn1c(=NC(=O)/C=C/c2ccc([N+](=O)[O-])s2)sc2cccc(F)c21. The number of amides is 1. The van der Waals surface area contributed by atoms with Crippen molar-refractivity contribution in [3.8, 4) is 0 Å². The van der Waals surface area contributed by atoms with Gasteiger partial charge in [0.2, 0.25) is 0 Å². The van der Waals surface area contributed by atoms with E-state index < -0.39 is 22.6 Å². The minimum Gasteiger partial charge on any atom is -0.468 e. The van der Waals surface area contributed by atoms with Crippen LogP contribution in [0.15, 0.2) is 41.4 Å². The Labute approximate surface area is 165 Å². The van der Waals surface area contributed by atoms with Crippen molar-refractivity contribution in [1.29, 1.82) is 0 Å². The number of rotatable bonds is 5. The Morgan fingerprint density at radius 2 is 2.11 bits per heavy atom. The molecule has 0 radical (unpaired) electrons. The highest BCUT2D eigenvalue weighted by Crippen LogP contribution is 2.25. The number of aromatic nitrogens is 1. The van der Waals surface area contributed by atoms with Crippen molar-refractivity contribution in [3.05, 3.63) is 62.0 Å². The molecule has 0 fully saturated rings. The van der Waals surface area contributed by atoms with Crippen LogP contribution >= 0.6 is 22.7 Å². The molecule has 0 aliphatic rings. The maximum Gasteiger partial charge on any atom is 0.325 e. The standard InChI is InChI=1S/C17H12FN3O5S2/c1-26-15(23)9-20-16-11(18)3-2-4-12(16)28-17(20)19-13(22)7-5-10-6-8-14(27-10)21(24)25/h2-8H,9H2,1H3/b7-5+,19-17?. The molecule has 1 aromatic carbocycles. The Balaban J connectivity index is 1.97. The quantitative estimate of drug-likeness (QED) is 0.272. The number of thiazole rings is 1. The summed E-state index contributed by atoms with van der Waals surface area (Å²) in [5, 5.41) is 10.7. The first-order valence-electron chi connectivity index (χ1n) is 7.74. The number of esters is 1. The molecule has 28 heavy (non-hydrogen) atoms. The van der Waals surface area contributed by atoms with Gasteiger partial charge in [-0.1, -0.05) is 28.7 Å². The van der Waals surface area contributed by atoms with E-state index in [1.165, 1.54) is 42.0 Å². The molecule has 0 N–H and O–H groups in total. The summed E-state index contributed by atoms with van der Waals surface area (Å²) >= 11 is 1.97. The van der Waals surface area contributed by atoms with Gasteiger partial charge >= 0.3 is 11.0 Å². The van der Waals surface area contributed by atoms with Gasteiger partial charge in [-0.15, -0.1) is 0 Å². The third-order valence-electron chi connectivity index (χ3n) is 3.56. The van der Waals surface area contributed by atoms with Crippen LogP contribution in [0.4, 0.5) is 9.39 Å². The molecule has 0 aliphatic heterocycles. The van der Waals surface area contributed by atoms with Gasteiger partial charge in [0.15, 0.2) is 4.80 Å². The van der Waals surface area contributed by atoms with E-state index in [1.807, 2.05) is 0 Å². The summed E-state index contributed by atoms with van der Waals surface area (Å²) in [4.78, 5) is 38.6. The molecule has 144 valence electrons. The molecule has 2 heterocycles. The van der Waals surface area contributed by atoms with Crippen molar-refractivity contribution < 1.29 is 23.6 Å². The summed E-state index contributed by atoms with van der Waals surface area (Å²) in [5.74, 6) is -1.81. The van der Waals surface area contributed by atoms with E-state index >= 15 is 0 Å². The van der Waals surface area contributed by atoms with Crippen LogP contribution in [0.1, 0.15) is 4.88 Å². The Kier molecular flexibility index (Phi) is 5.76. The van der Waals surface area contributed by atoms with E-state index in [0.717, 1.165) is 28.7 Å². The molecule has 0 unspecified atom stereocenters. The number of nitro groups is 1. The molecule has 0 saturated heterocycles. The number of nitrogens with zero attached hydrogens (tertiary/aromatic N) is 3. The lowest BCUT2D eigenvalue weighted by molar-refractivity contribution is -0.380. The summed E-state index contributed by atoms with van der Waals surface area (Å²) in [6.45, 7) is -0.301. The predicted octanol–water partition coefficient (Wildman–Crippen LogP) is 3.13. The molecule has 8 nitrogen and oxygen atoms in total. The average Bonchev–Trinajstić information content (AvgIpc) is 3.26. The van der Waals surface area contributed by atoms with E-state index in [4.69, 9.17) is 0 Å². The lowest BCUT2D eigenvalue weighted by Gasteiger charge is -2.03. The smallest absolute Gasteiger partial charge is 0.325 e. The van der Waals surface area contributed by atoms with Gasteiger partial charge < -0.3 is 9.30 Å². The Morgan fingerprint density at radius 1 is 1.32 bits per heavy atom. The zero-order valence-corrected chi connectivity index (χ0v) is 16.0. The zero-order chi connectivity index (χ0) is 20.3. The number of fused-ring (bicyclic) bond motifs is 1. The van der Waals surface area contributed by atoms with Crippen molar-refractivity contribution >= 4 is 55.8 Å². The second-order valence-electron chi connectivity index (χ2n) is 5.35. The van der Waals surface area contributed by atoms with Crippen LogP contribution in [0.25, 0.3) is 16.3 Å². The number of methoxy groups -OCH3 is 1. The highest BCUT2D eigenvalue weighted by Gasteiger charge is 2.14. The molecule has 0 bridgehead atoms. The Bertz CT molecular complexity index is 1180. The normalized spacial score (nSPS) is 12.0. The average molecular weight is 421 g/mol. The Morgan fingerprint density at radius 3 is 2.79 bits per heavy atom. The van der Waals surface area contributed by atoms with Crippen molar-refractivity contribution in [3.63, 3.8) is 0 Å². The summed E-state index contributed by atoms with van der Waals surface area (Å²) in [6.07, 6.45) is 2.56. The lowest BCUT2D eigenvalue weighted by Crippen LogP contribution is -2.22. The third-order valence-corrected chi connectivity index (χ3v) is 5.60. The molecule has 1 amide bonds. The third kappa shape index (κ3) is 4.21. The molecule has 0 aliphatic carbocycles. The first kappa shape index (κ1) is 19.6. The monoisotopic (exact) mass is 421 g/mol. The summed E-state index contributed by atoms with van der Waals surface area (Å²) < 4.78 is 20.7.